The first-order valence-corrected chi connectivity index (χ1v) is 7.60. The highest BCUT2D eigenvalue weighted by Crippen LogP contribution is 2.19. The van der Waals surface area contributed by atoms with E-state index in [4.69, 9.17) is 0 Å². The van der Waals surface area contributed by atoms with Crippen LogP contribution in [0.4, 0.5) is 5.69 Å². The fourth-order valence-electron chi connectivity index (χ4n) is 2.15. The molecule has 0 aliphatic heterocycles. The quantitative estimate of drug-likeness (QED) is 0.787. The lowest BCUT2D eigenvalue weighted by Crippen LogP contribution is -2.01. The van der Waals surface area contributed by atoms with Crippen molar-refractivity contribution in [3.63, 3.8) is 0 Å². The van der Waals surface area contributed by atoms with Crippen LogP contribution >= 0.6 is 11.3 Å². The standard InChI is InChI=1S/C15H17N5S/c1-11-15(21-12(2)19-11)7-17-14-5-3-13(4-6-14)8-20-10-16-9-18-20/h3-6,9-10,17H,7-8H2,1-2H3. The fraction of sp³-hybridized carbons (Fsp3) is 0.267. The molecule has 0 saturated heterocycles. The van der Waals surface area contributed by atoms with Gasteiger partial charge in [0.05, 0.1) is 23.8 Å². The number of rotatable bonds is 5. The first-order chi connectivity index (χ1) is 10.2. The van der Waals surface area contributed by atoms with Gasteiger partial charge in [0.1, 0.15) is 12.7 Å². The summed E-state index contributed by atoms with van der Waals surface area (Å²) in [5.41, 5.74) is 3.44. The summed E-state index contributed by atoms with van der Waals surface area (Å²) in [6, 6.07) is 8.40. The van der Waals surface area contributed by atoms with E-state index in [-0.39, 0.29) is 0 Å². The summed E-state index contributed by atoms with van der Waals surface area (Å²) in [6.07, 6.45) is 3.27. The van der Waals surface area contributed by atoms with Crippen LogP contribution < -0.4 is 5.32 Å². The highest BCUT2D eigenvalue weighted by molar-refractivity contribution is 7.11. The van der Waals surface area contributed by atoms with E-state index in [1.54, 1.807) is 24.0 Å². The lowest BCUT2D eigenvalue weighted by molar-refractivity contribution is 0.685. The minimum atomic E-state index is 0.743. The van der Waals surface area contributed by atoms with E-state index in [1.165, 1.54) is 10.4 Å². The van der Waals surface area contributed by atoms with Crippen molar-refractivity contribution in [3.05, 3.63) is 58.1 Å². The van der Waals surface area contributed by atoms with Crippen molar-refractivity contribution in [3.8, 4) is 0 Å². The van der Waals surface area contributed by atoms with Gasteiger partial charge >= 0.3 is 0 Å². The summed E-state index contributed by atoms with van der Waals surface area (Å²) in [5, 5.41) is 8.66. The van der Waals surface area contributed by atoms with Crippen LogP contribution in [0.15, 0.2) is 36.9 Å². The molecule has 2 aromatic heterocycles. The molecule has 2 heterocycles. The van der Waals surface area contributed by atoms with Gasteiger partial charge in [-0.2, -0.15) is 5.10 Å². The van der Waals surface area contributed by atoms with Crippen molar-refractivity contribution in [2.24, 2.45) is 0 Å². The Morgan fingerprint density at radius 1 is 1.19 bits per heavy atom. The molecule has 3 rings (SSSR count). The third-order valence-electron chi connectivity index (χ3n) is 3.22. The summed E-state index contributed by atoms with van der Waals surface area (Å²) in [7, 11) is 0. The van der Waals surface area contributed by atoms with E-state index in [0.29, 0.717) is 0 Å². The Hall–Kier alpha value is -2.21. The molecule has 0 amide bonds. The zero-order valence-corrected chi connectivity index (χ0v) is 12.9. The van der Waals surface area contributed by atoms with Gasteiger partial charge in [-0.3, -0.25) is 0 Å². The SMILES string of the molecule is Cc1nc(C)c(CNc2ccc(Cn3cncn3)cc2)s1. The second-order valence-corrected chi connectivity index (χ2v) is 6.17. The van der Waals surface area contributed by atoms with E-state index in [0.717, 1.165) is 29.5 Å². The number of hydrogen-bond acceptors (Lipinski definition) is 5. The van der Waals surface area contributed by atoms with Crippen LogP contribution in [0.25, 0.3) is 0 Å². The number of aromatic nitrogens is 4. The van der Waals surface area contributed by atoms with E-state index in [2.05, 4.69) is 51.6 Å². The van der Waals surface area contributed by atoms with Gasteiger partial charge in [0.15, 0.2) is 0 Å². The molecule has 1 aromatic carbocycles. The molecule has 1 N–H and O–H groups in total. The van der Waals surface area contributed by atoms with Gasteiger partial charge in [-0.05, 0) is 31.5 Å². The number of hydrogen-bond donors (Lipinski definition) is 1. The molecule has 108 valence electrons. The van der Waals surface area contributed by atoms with Crippen LogP contribution in [-0.4, -0.2) is 19.7 Å². The number of thiazole rings is 1. The number of nitrogens with zero attached hydrogens (tertiary/aromatic N) is 4. The third kappa shape index (κ3) is 3.46. The summed E-state index contributed by atoms with van der Waals surface area (Å²) < 4.78 is 1.81. The summed E-state index contributed by atoms with van der Waals surface area (Å²) >= 11 is 1.75. The Balaban J connectivity index is 1.60. The zero-order chi connectivity index (χ0) is 14.7. The Bertz CT molecular complexity index is 700. The molecule has 0 aliphatic rings. The van der Waals surface area contributed by atoms with Gasteiger partial charge in [-0.1, -0.05) is 12.1 Å². The van der Waals surface area contributed by atoms with Crippen LogP contribution in [0.3, 0.4) is 0 Å². The molecule has 3 aromatic rings. The van der Waals surface area contributed by atoms with E-state index < -0.39 is 0 Å². The van der Waals surface area contributed by atoms with Crippen LogP contribution in [-0.2, 0) is 13.1 Å². The number of anilines is 1. The number of nitrogens with one attached hydrogen (secondary N) is 1. The van der Waals surface area contributed by atoms with Crippen LogP contribution in [0.2, 0.25) is 0 Å². The first kappa shape index (κ1) is 13.8. The van der Waals surface area contributed by atoms with Gasteiger partial charge in [0.25, 0.3) is 0 Å². The molecule has 0 aliphatic carbocycles. The van der Waals surface area contributed by atoms with Gasteiger partial charge in [0, 0.05) is 10.6 Å². The lowest BCUT2D eigenvalue weighted by Gasteiger charge is -2.07. The molecule has 0 bridgehead atoms. The highest BCUT2D eigenvalue weighted by Gasteiger charge is 2.04. The normalized spacial score (nSPS) is 10.8. The molecule has 0 unspecified atom stereocenters. The van der Waals surface area contributed by atoms with E-state index in [1.807, 2.05) is 11.6 Å². The molecule has 0 atom stereocenters. The maximum absolute atomic E-state index is 4.44. The topological polar surface area (TPSA) is 55.6 Å². The molecule has 21 heavy (non-hydrogen) atoms. The summed E-state index contributed by atoms with van der Waals surface area (Å²) in [5.74, 6) is 0. The Labute approximate surface area is 127 Å². The maximum atomic E-state index is 4.44. The average Bonchev–Trinajstić information content (AvgIpc) is 3.08. The van der Waals surface area contributed by atoms with Gasteiger partial charge in [0.2, 0.25) is 0 Å². The van der Waals surface area contributed by atoms with E-state index in [9.17, 15) is 0 Å². The molecule has 5 nitrogen and oxygen atoms in total. The second kappa shape index (κ2) is 6.05. The lowest BCUT2D eigenvalue weighted by atomic mass is 10.2. The Morgan fingerprint density at radius 2 is 2.00 bits per heavy atom. The molecule has 6 heteroatoms. The smallest absolute Gasteiger partial charge is 0.137 e. The molecule has 0 spiro atoms. The van der Waals surface area contributed by atoms with Crippen LogP contribution in [0.1, 0.15) is 21.1 Å². The second-order valence-electron chi connectivity index (χ2n) is 4.89. The minimum absolute atomic E-state index is 0.743. The fourth-order valence-corrected chi connectivity index (χ4v) is 3.03. The third-order valence-corrected chi connectivity index (χ3v) is 4.29. The monoisotopic (exact) mass is 299 g/mol. The maximum Gasteiger partial charge on any atom is 0.137 e. The Morgan fingerprint density at radius 3 is 2.62 bits per heavy atom. The number of aryl methyl sites for hydroxylation is 2. The largest absolute Gasteiger partial charge is 0.380 e. The minimum Gasteiger partial charge on any atom is -0.380 e. The van der Waals surface area contributed by atoms with Crippen molar-refractivity contribution >= 4 is 17.0 Å². The molecular weight excluding hydrogens is 282 g/mol. The molecule has 0 radical (unpaired) electrons. The van der Waals surface area contributed by atoms with Crippen LogP contribution in [0, 0.1) is 13.8 Å². The molecule has 0 fully saturated rings. The van der Waals surface area contributed by atoms with Crippen molar-refractivity contribution in [1.29, 1.82) is 0 Å². The van der Waals surface area contributed by atoms with Crippen molar-refractivity contribution in [1.82, 2.24) is 19.7 Å². The van der Waals surface area contributed by atoms with Gasteiger partial charge < -0.3 is 5.32 Å². The van der Waals surface area contributed by atoms with Crippen molar-refractivity contribution in [2.45, 2.75) is 26.9 Å². The number of benzene rings is 1. The highest BCUT2D eigenvalue weighted by atomic mass is 32.1. The zero-order valence-electron chi connectivity index (χ0n) is 12.1. The van der Waals surface area contributed by atoms with Gasteiger partial charge in [-0.25, -0.2) is 14.6 Å². The predicted molar refractivity (Wildman–Crippen MR) is 84.5 cm³/mol. The molecule has 0 saturated carbocycles. The molecular formula is C15H17N5S. The summed E-state index contributed by atoms with van der Waals surface area (Å²) in [4.78, 5) is 9.68. The average molecular weight is 299 g/mol. The first-order valence-electron chi connectivity index (χ1n) is 6.79. The predicted octanol–water partition coefficient (Wildman–Crippen LogP) is 3.01. The summed E-state index contributed by atoms with van der Waals surface area (Å²) in [6.45, 7) is 5.66. The van der Waals surface area contributed by atoms with Crippen molar-refractivity contribution in [2.75, 3.05) is 5.32 Å². The van der Waals surface area contributed by atoms with Crippen LogP contribution in [0.5, 0.6) is 0 Å². The van der Waals surface area contributed by atoms with Crippen molar-refractivity contribution < 1.29 is 0 Å². The Kier molecular flexibility index (Phi) is 3.96. The van der Waals surface area contributed by atoms with Gasteiger partial charge in [-0.15, -0.1) is 11.3 Å². The van der Waals surface area contributed by atoms with E-state index >= 15 is 0 Å².